The maximum atomic E-state index is 7.49. The third kappa shape index (κ3) is 24.9. The standard InChI is InChI=1S/C37H89NO11Si8/c1-39-38-29(26-40-50(2,3)4)32(34(47-55(17,18)19)31(45-53(11,12)13)28-42-52(8,9)10)44-37-36(49-57(23,24)25)35(48-56(20,21)22)33(46-54(14,15)16)30(43-37)27-41-51(5,6)7/h30-37H,26-28H2,1-25H3/b38-29+. The molecule has 0 aromatic rings. The number of hydrogen-bond acceptors (Lipinski definition) is 12. The largest absolute Gasteiger partial charge is 0.415 e. The van der Waals surface area contributed by atoms with Gasteiger partial charge in [-0.1, -0.05) is 5.16 Å². The van der Waals surface area contributed by atoms with Crippen molar-refractivity contribution in [2.24, 2.45) is 5.16 Å². The number of nitrogens with zero attached hydrogens (tertiary/aromatic N) is 1. The quantitative estimate of drug-likeness (QED) is 0.0495. The molecule has 1 fully saturated rings. The Morgan fingerprint density at radius 1 is 0.509 bits per heavy atom. The average molecular weight is 949 g/mol. The molecule has 0 saturated carbocycles. The van der Waals surface area contributed by atoms with E-state index in [0.29, 0.717) is 18.9 Å². The summed E-state index contributed by atoms with van der Waals surface area (Å²) in [6.45, 7) is 53.4. The molecule has 0 aromatic heterocycles. The fourth-order valence-corrected chi connectivity index (χ4v) is 13.2. The third-order valence-corrected chi connectivity index (χ3v) is 15.6. The van der Waals surface area contributed by atoms with Gasteiger partial charge in [0, 0.05) is 0 Å². The van der Waals surface area contributed by atoms with Crippen LogP contribution in [-0.2, 0) is 49.7 Å². The Kier molecular flexibility index (Phi) is 21.0. The Bertz CT molecular complexity index is 1230. The molecule has 0 radical (unpaired) electrons. The molecule has 8 unspecified atom stereocenters. The summed E-state index contributed by atoms with van der Waals surface area (Å²) in [7, 11) is -15.6. The van der Waals surface area contributed by atoms with E-state index in [-0.39, 0.29) is 6.61 Å². The molecule has 8 atom stereocenters. The highest BCUT2D eigenvalue weighted by Gasteiger charge is 2.54. The Balaban J connectivity index is 4.34. The number of oxime groups is 1. The van der Waals surface area contributed by atoms with E-state index >= 15 is 0 Å². The van der Waals surface area contributed by atoms with Crippen molar-refractivity contribution in [3.8, 4) is 0 Å². The monoisotopic (exact) mass is 947 g/mol. The molecular formula is C37H89NO11Si8. The second-order valence-corrected chi connectivity index (χ2v) is 59.0. The Morgan fingerprint density at radius 3 is 1.35 bits per heavy atom. The molecular weight excluding hydrogens is 859 g/mol. The van der Waals surface area contributed by atoms with Gasteiger partial charge in [-0.05, 0) is 157 Å². The number of ether oxygens (including phenoxy) is 2. The molecule has 0 aromatic carbocycles. The summed E-state index contributed by atoms with van der Waals surface area (Å²) in [5, 5.41) is 4.66. The van der Waals surface area contributed by atoms with Crippen molar-refractivity contribution in [1.29, 1.82) is 0 Å². The van der Waals surface area contributed by atoms with Gasteiger partial charge in [0.05, 0.1) is 25.9 Å². The molecule has 0 spiro atoms. The van der Waals surface area contributed by atoms with E-state index in [1.54, 1.807) is 7.11 Å². The van der Waals surface area contributed by atoms with Crippen molar-refractivity contribution in [2.75, 3.05) is 26.9 Å². The molecule has 1 aliphatic heterocycles. The third-order valence-electron chi connectivity index (χ3n) is 7.55. The van der Waals surface area contributed by atoms with Crippen LogP contribution in [0.2, 0.25) is 157 Å². The maximum absolute atomic E-state index is 7.49. The predicted octanol–water partition coefficient (Wildman–Crippen LogP) is 9.75. The molecule has 1 rings (SSSR count). The van der Waals surface area contributed by atoms with Gasteiger partial charge in [-0.25, -0.2) is 0 Å². The molecule has 0 amide bonds. The summed E-state index contributed by atoms with van der Waals surface area (Å²) in [6.07, 6.45) is -4.98. The molecule has 57 heavy (non-hydrogen) atoms. The number of rotatable bonds is 25. The van der Waals surface area contributed by atoms with Crippen molar-refractivity contribution < 1.29 is 49.7 Å². The van der Waals surface area contributed by atoms with Gasteiger partial charge in [0.2, 0.25) is 0 Å². The highest BCUT2D eigenvalue weighted by molar-refractivity contribution is 6.72. The van der Waals surface area contributed by atoms with Crippen molar-refractivity contribution >= 4 is 72.3 Å². The van der Waals surface area contributed by atoms with E-state index in [9.17, 15) is 0 Å². The molecule has 340 valence electrons. The molecule has 0 N–H and O–H groups in total. The molecule has 1 aliphatic rings. The summed E-state index contributed by atoms with van der Waals surface area (Å²) in [6, 6.07) is 0. The van der Waals surface area contributed by atoms with Crippen LogP contribution in [0.1, 0.15) is 0 Å². The molecule has 20 heteroatoms. The zero-order chi connectivity index (χ0) is 44.8. The van der Waals surface area contributed by atoms with Gasteiger partial charge in [0.1, 0.15) is 49.4 Å². The van der Waals surface area contributed by atoms with Crippen molar-refractivity contribution in [3.05, 3.63) is 0 Å². The summed E-state index contributed by atoms with van der Waals surface area (Å²) in [4.78, 5) is 5.61. The highest BCUT2D eigenvalue weighted by atomic mass is 28.4. The summed E-state index contributed by atoms with van der Waals surface area (Å²) >= 11 is 0. The first-order valence-electron chi connectivity index (χ1n) is 20.9. The fourth-order valence-electron chi connectivity index (χ4n) is 5.86. The Morgan fingerprint density at radius 2 is 0.947 bits per heavy atom. The van der Waals surface area contributed by atoms with Crippen LogP contribution in [0.15, 0.2) is 5.16 Å². The lowest BCUT2D eigenvalue weighted by Crippen LogP contribution is -2.67. The Labute approximate surface area is 358 Å². The normalized spacial score (nSPS) is 24.4. The van der Waals surface area contributed by atoms with Crippen LogP contribution in [0.3, 0.4) is 0 Å². The molecule has 1 saturated heterocycles. The van der Waals surface area contributed by atoms with Gasteiger partial charge in [0.15, 0.2) is 72.8 Å². The van der Waals surface area contributed by atoms with E-state index in [2.05, 4.69) is 162 Å². The second kappa shape index (κ2) is 21.5. The second-order valence-electron chi connectivity index (χ2n) is 23.2. The first-order valence-corrected chi connectivity index (χ1v) is 48.2. The number of hydrogen-bond donors (Lipinski definition) is 0. The van der Waals surface area contributed by atoms with Gasteiger partial charge >= 0.3 is 0 Å². The fraction of sp³-hybridized carbons (Fsp3) is 0.973. The van der Waals surface area contributed by atoms with Gasteiger partial charge in [0.25, 0.3) is 0 Å². The Hall–Kier alpha value is 0.805. The highest BCUT2D eigenvalue weighted by Crippen LogP contribution is 2.36. The molecule has 12 nitrogen and oxygen atoms in total. The lowest BCUT2D eigenvalue weighted by atomic mass is 9.98. The lowest BCUT2D eigenvalue weighted by Gasteiger charge is -2.52. The van der Waals surface area contributed by atoms with Crippen LogP contribution in [0.25, 0.3) is 0 Å². The summed E-state index contributed by atoms with van der Waals surface area (Å²) < 4.78 is 70.3. The smallest absolute Gasteiger partial charge is 0.186 e. The molecule has 1 heterocycles. The van der Waals surface area contributed by atoms with Crippen LogP contribution >= 0.6 is 0 Å². The van der Waals surface area contributed by atoms with E-state index in [4.69, 9.17) is 49.7 Å². The minimum absolute atomic E-state index is 0.180. The first-order chi connectivity index (χ1) is 25.2. The zero-order valence-corrected chi connectivity index (χ0v) is 49.2. The van der Waals surface area contributed by atoms with Crippen LogP contribution in [0.4, 0.5) is 0 Å². The van der Waals surface area contributed by atoms with Crippen molar-refractivity contribution in [2.45, 2.75) is 206 Å². The minimum Gasteiger partial charge on any atom is -0.415 e. The summed E-state index contributed by atoms with van der Waals surface area (Å²) in [5.74, 6) is 0. The topological polar surface area (TPSA) is 114 Å². The summed E-state index contributed by atoms with van der Waals surface area (Å²) in [5.41, 5.74) is 0.550. The van der Waals surface area contributed by atoms with E-state index < -0.39 is 116 Å². The van der Waals surface area contributed by atoms with E-state index in [1.165, 1.54) is 0 Å². The van der Waals surface area contributed by atoms with Crippen LogP contribution in [-0.4, -0.2) is 148 Å². The predicted molar refractivity (Wildman–Crippen MR) is 257 cm³/mol. The van der Waals surface area contributed by atoms with Gasteiger partial charge in [-0.15, -0.1) is 0 Å². The maximum Gasteiger partial charge on any atom is 0.186 e. The lowest BCUT2D eigenvalue weighted by molar-refractivity contribution is -0.302. The first kappa shape index (κ1) is 55.8. The average Bonchev–Trinajstić information content (AvgIpc) is 2.92. The van der Waals surface area contributed by atoms with Crippen molar-refractivity contribution in [3.63, 3.8) is 0 Å². The van der Waals surface area contributed by atoms with Gasteiger partial charge in [-0.2, -0.15) is 0 Å². The van der Waals surface area contributed by atoms with E-state index in [1.807, 2.05) is 0 Å². The van der Waals surface area contributed by atoms with E-state index in [0.717, 1.165) is 0 Å². The molecule has 0 bridgehead atoms. The minimum atomic E-state index is -2.31. The van der Waals surface area contributed by atoms with Gasteiger partial charge < -0.3 is 49.7 Å². The zero-order valence-electron chi connectivity index (χ0n) is 41.2. The van der Waals surface area contributed by atoms with Crippen LogP contribution < -0.4 is 0 Å². The van der Waals surface area contributed by atoms with Gasteiger partial charge in [-0.3, -0.25) is 0 Å². The van der Waals surface area contributed by atoms with Crippen LogP contribution in [0, 0.1) is 0 Å². The molecule has 0 aliphatic carbocycles. The SMILES string of the molecule is CO/N=C(\CO[Si](C)(C)C)C(OC1OC(CO[Si](C)(C)C)C(O[Si](C)(C)C)C(O[Si](C)(C)C)C1O[Si](C)(C)C)C(O[Si](C)(C)C)C(CO[Si](C)(C)C)O[Si](C)(C)C. The van der Waals surface area contributed by atoms with Crippen LogP contribution in [0.5, 0.6) is 0 Å². The van der Waals surface area contributed by atoms with Crippen molar-refractivity contribution in [1.82, 2.24) is 0 Å².